The van der Waals surface area contributed by atoms with E-state index in [1.165, 1.54) is 0 Å². The van der Waals surface area contributed by atoms with Crippen molar-refractivity contribution >= 4 is 35.1 Å². The van der Waals surface area contributed by atoms with E-state index < -0.39 is 16.8 Å². The van der Waals surface area contributed by atoms with Crippen LogP contribution in [-0.2, 0) is 30.8 Å². The second-order valence-corrected chi connectivity index (χ2v) is 4.38. The summed E-state index contributed by atoms with van der Waals surface area (Å²) < 4.78 is 4.52. The number of carbonyl (C=O) groups excluding carboxylic acids is 2. The van der Waals surface area contributed by atoms with E-state index in [9.17, 15) is 9.59 Å². The zero-order valence-electron chi connectivity index (χ0n) is 9.28. The molecule has 0 amide bonds. The molecule has 0 aromatic carbocycles. The first-order valence-corrected chi connectivity index (χ1v) is 5.93. The third kappa shape index (κ3) is 7.48. The number of ether oxygens (including phenoxy) is 1. The molecule has 1 atom stereocenters. The maximum atomic E-state index is 11.4. The van der Waals surface area contributed by atoms with Crippen LogP contribution >= 0.6 is 23.2 Å². The van der Waals surface area contributed by atoms with Crippen LogP contribution in [0.15, 0.2) is 0 Å². The van der Waals surface area contributed by atoms with Gasteiger partial charge in [0, 0.05) is 16.5 Å². The van der Waals surface area contributed by atoms with E-state index in [0.717, 1.165) is 19.3 Å². The van der Waals surface area contributed by atoms with Crippen molar-refractivity contribution in [3.8, 4) is 0 Å². The van der Waals surface area contributed by atoms with Crippen LogP contribution in [0.5, 0.6) is 0 Å². The van der Waals surface area contributed by atoms with E-state index in [1.54, 1.807) is 0 Å². The van der Waals surface area contributed by atoms with Gasteiger partial charge in [-0.3, -0.25) is 4.79 Å². The average molecular weight is 314 g/mol. The Balaban J connectivity index is 0. The molecule has 0 aliphatic carbocycles. The Morgan fingerprint density at radius 3 is 2.12 bits per heavy atom. The number of esters is 2. The molecule has 0 saturated carbocycles. The zero-order chi connectivity index (χ0) is 11.8. The van der Waals surface area contributed by atoms with E-state index in [4.69, 9.17) is 23.2 Å². The molecule has 0 fully saturated rings. The molecule has 0 rings (SSSR count). The molecule has 0 aromatic heterocycles. The van der Waals surface area contributed by atoms with Gasteiger partial charge in [0.2, 0.25) is 4.84 Å². The number of hydrogen-bond donors (Lipinski definition) is 0. The van der Waals surface area contributed by atoms with E-state index >= 15 is 0 Å². The largest absolute Gasteiger partial charge is 0.391 e. The van der Waals surface area contributed by atoms with Gasteiger partial charge in [0.1, 0.15) is 0 Å². The predicted octanol–water partition coefficient (Wildman–Crippen LogP) is 3.07. The second kappa shape index (κ2) is 10.4. The molecule has 0 N–H and O–H groups in total. The quantitative estimate of drug-likeness (QED) is 0.327. The molecule has 0 aliphatic rings. The van der Waals surface area contributed by atoms with E-state index in [2.05, 4.69) is 4.74 Å². The number of carbonyl (C=O) groups is 2. The maximum Gasteiger partial charge on any atom is 0.347 e. The van der Waals surface area contributed by atoms with Crippen molar-refractivity contribution < 1.29 is 30.8 Å². The molecule has 0 bridgehead atoms. The molecule has 16 heavy (non-hydrogen) atoms. The number of halogens is 2. The summed E-state index contributed by atoms with van der Waals surface area (Å²) >= 11 is 10.5. The van der Waals surface area contributed by atoms with Crippen molar-refractivity contribution in [1.29, 1.82) is 0 Å². The van der Waals surface area contributed by atoms with Gasteiger partial charge in [-0.05, 0) is 12.8 Å². The molecule has 0 heterocycles. The molecule has 0 radical (unpaired) electrons. The summed E-state index contributed by atoms with van der Waals surface area (Å²) in [5.41, 5.74) is 0. The number of rotatable bonds is 6. The first-order valence-electron chi connectivity index (χ1n) is 5.06. The second-order valence-electron chi connectivity index (χ2n) is 3.29. The molecule has 3 nitrogen and oxygen atoms in total. The van der Waals surface area contributed by atoms with Gasteiger partial charge in [0.05, 0.1) is 5.92 Å². The smallest absolute Gasteiger partial charge is 0.347 e. The van der Waals surface area contributed by atoms with Gasteiger partial charge in [-0.25, -0.2) is 4.79 Å². The van der Waals surface area contributed by atoms with Gasteiger partial charge in [0.15, 0.2) is 0 Å². The zero-order valence-corrected chi connectivity index (χ0v) is 11.8. The maximum absolute atomic E-state index is 11.4. The summed E-state index contributed by atoms with van der Waals surface area (Å²) in [4.78, 5) is 21.1. The topological polar surface area (TPSA) is 43.4 Å². The van der Waals surface area contributed by atoms with Crippen molar-refractivity contribution in [2.75, 3.05) is 0 Å². The molecule has 0 saturated heterocycles. The first kappa shape index (κ1) is 18.6. The fraction of sp³-hybridized carbons (Fsp3) is 0.800. The molecule has 6 heteroatoms. The van der Waals surface area contributed by atoms with Gasteiger partial charge in [-0.2, -0.15) is 0 Å². The van der Waals surface area contributed by atoms with Crippen LogP contribution in [0.2, 0.25) is 0 Å². The molecule has 0 spiro atoms. The van der Waals surface area contributed by atoms with Crippen LogP contribution < -0.4 is 0 Å². The standard InChI is InChI=1S/C10H16Cl2O3.Ni/c1-3-5-6-7(4-2)9(13)15-10(14)8(11)12;/h7-8H,3-6H2,1-2H3;. The minimum Gasteiger partial charge on any atom is -0.391 e. The monoisotopic (exact) mass is 312 g/mol. The summed E-state index contributed by atoms with van der Waals surface area (Å²) in [5.74, 6) is -1.65. The van der Waals surface area contributed by atoms with E-state index in [1.807, 2.05) is 13.8 Å². The Morgan fingerprint density at radius 2 is 1.75 bits per heavy atom. The fourth-order valence-electron chi connectivity index (χ4n) is 1.17. The molecule has 98 valence electrons. The third-order valence-corrected chi connectivity index (χ3v) is 2.47. The van der Waals surface area contributed by atoms with Gasteiger partial charge < -0.3 is 4.74 Å². The van der Waals surface area contributed by atoms with Crippen LogP contribution in [-0.4, -0.2) is 16.8 Å². The molecule has 0 aromatic rings. The minimum atomic E-state index is -1.29. The molecule has 1 unspecified atom stereocenters. The van der Waals surface area contributed by atoms with Crippen LogP contribution in [0, 0.1) is 5.92 Å². The van der Waals surface area contributed by atoms with Crippen molar-refractivity contribution in [2.24, 2.45) is 5.92 Å². The summed E-state index contributed by atoms with van der Waals surface area (Å²) in [6, 6.07) is 0. The molecule has 0 aliphatic heterocycles. The van der Waals surface area contributed by atoms with Gasteiger partial charge >= 0.3 is 11.9 Å². The van der Waals surface area contributed by atoms with Gasteiger partial charge in [-0.1, -0.05) is 49.9 Å². The average Bonchev–Trinajstić information content (AvgIpc) is 2.18. The SMILES string of the molecule is CCCCC(CC)C(=O)OC(=O)C(Cl)Cl.[Ni]. The Kier molecular flexibility index (Phi) is 12.0. The van der Waals surface area contributed by atoms with Gasteiger partial charge in [0.25, 0.3) is 0 Å². The predicted molar refractivity (Wildman–Crippen MR) is 59.9 cm³/mol. The number of alkyl halides is 2. The molecular formula is C10H16Cl2NiO3. The first-order chi connectivity index (χ1) is 7.02. The summed E-state index contributed by atoms with van der Waals surface area (Å²) in [6.45, 7) is 3.92. The Labute approximate surface area is 116 Å². The van der Waals surface area contributed by atoms with Crippen LogP contribution in [0.4, 0.5) is 0 Å². The van der Waals surface area contributed by atoms with Crippen molar-refractivity contribution in [1.82, 2.24) is 0 Å². The number of hydrogen-bond acceptors (Lipinski definition) is 3. The van der Waals surface area contributed by atoms with Crippen LogP contribution in [0.1, 0.15) is 39.5 Å². The number of unbranched alkanes of at least 4 members (excludes halogenated alkanes) is 1. The normalized spacial score (nSPS) is 11.8. The summed E-state index contributed by atoms with van der Waals surface area (Å²) in [6.07, 6.45) is 3.33. The minimum absolute atomic E-state index is 0. The van der Waals surface area contributed by atoms with Crippen molar-refractivity contribution in [3.05, 3.63) is 0 Å². The third-order valence-electron chi connectivity index (χ3n) is 2.11. The summed E-state index contributed by atoms with van der Waals surface area (Å²) in [5, 5.41) is 0. The van der Waals surface area contributed by atoms with Gasteiger partial charge in [-0.15, -0.1) is 0 Å². The van der Waals surface area contributed by atoms with Crippen LogP contribution in [0.25, 0.3) is 0 Å². The Hall–Kier alpha value is 0.214. The fourth-order valence-corrected chi connectivity index (χ4v) is 1.26. The van der Waals surface area contributed by atoms with Crippen LogP contribution in [0.3, 0.4) is 0 Å². The van der Waals surface area contributed by atoms with E-state index in [-0.39, 0.29) is 22.4 Å². The van der Waals surface area contributed by atoms with Crippen molar-refractivity contribution in [3.63, 3.8) is 0 Å². The Morgan fingerprint density at radius 1 is 1.19 bits per heavy atom. The van der Waals surface area contributed by atoms with E-state index in [0.29, 0.717) is 6.42 Å². The molecular weight excluding hydrogens is 298 g/mol. The summed E-state index contributed by atoms with van der Waals surface area (Å²) in [7, 11) is 0. The van der Waals surface area contributed by atoms with Crippen molar-refractivity contribution in [2.45, 2.75) is 44.4 Å². The Bertz CT molecular complexity index is 222.